The molecule has 0 saturated heterocycles. The lowest BCUT2D eigenvalue weighted by Gasteiger charge is -2.26. The van der Waals surface area contributed by atoms with Crippen molar-refractivity contribution in [3.8, 4) is 0 Å². The minimum Gasteiger partial charge on any atom is -0.350 e. The maximum absolute atomic E-state index is 12.8. The van der Waals surface area contributed by atoms with Gasteiger partial charge in [0.15, 0.2) is 0 Å². The number of aryl methyl sites for hydroxylation is 1. The average Bonchev–Trinajstić information content (AvgIpc) is 2.99. The maximum atomic E-state index is 12.8. The van der Waals surface area contributed by atoms with Crippen molar-refractivity contribution < 1.29 is 8.42 Å². The Morgan fingerprint density at radius 1 is 1.08 bits per heavy atom. The highest BCUT2D eigenvalue weighted by Crippen LogP contribution is 2.32. The van der Waals surface area contributed by atoms with Gasteiger partial charge in [-0.1, -0.05) is 41.9 Å². The maximum Gasteiger partial charge on any atom is 0.243 e. The Kier molecular flexibility index (Phi) is 4.39. The fourth-order valence-corrected chi connectivity index (χ4v) is 5.17. The summed E-state index contributed by atoms with van der Waals surface area (Å²) in [4.78, 5) is 0.243. The van der Waals surface area contributed by atoms with Crippen molar-refractivity contribution in [2.24, 2.45) is 7.05 Å². The summed E-state index contributed by atoms with van der Waals surface area (Å²) in [6.45, 7) is 0.831. The summed E-state index contributed by atoms with van der Waals surface area (Å²) >= 11 is 5.95. The number of hydrogen-bond donors (Lipinski definition) is 0. The second kappa shape index (κ2) is 6.58. The molecule has 2 aromatic carbocycles. The van der Waals surface area contributed by atoms with E-state index >= 15 is 0 Å². The molecule has 1 aromatic heterocycles. The number of rotatable bonds is 3. The Morgan fingerprint density at radius 2 is 1.88 bits per heavy atom. The normalized spacial score (nSPS) is 16.0. The van der Waals surface area contributed by atoms with Gasteiger partial charge in [-0.05, 0) is 36.3 Å². The van der Waals surface area contributed by atoms with Crippen molar-refractivity contribution in [1.82, 2.24) is 8.87 Å². The zero-order chi connectivity index (χ0) is 18.3. The first-order valence-electron chi connectivity index (χ1n) is 8.46. The van der Waals surface area contributed by atoms with Crippen LogP contribution in [0.25, 0.3) is 16.5 Å². The number of sulfonamides is 1. The van der Waals surface area contributed by atoms with Crippen LogP contribution in [-0.2, 0) is 17.1 Å². The number of halogens is 1. The van der Waals surface area contributed by atoms with Crippen molar-refractivity contribution in [2.45, 2.75) is 11.3 Å². The summed E-state index contributed by atoms with van der Waals surface area (Å²) in [5.74, 6) is 0. The average molecular weight is 387 g/mol. The highest BCUT2D eigenvalue weighted by Gasteiger charge is 2.27. The summed E-state index contributed by atoms with van der Waals surface area (Å²) in [6.07, 6.45) is 4.83. The van der Waals surface area contributed by atoms with Crippen LogP contribution in [0.4, 0.5) is 0 Å². The molecule has 6 heteroatoms. The number of hydrogen-bond acceptors (Lipinski definition) is 2. The van der Waals surface area contributed by atoms with Gasteiger partial charge in [0.25, 0.3) is 0 Å². The van der Waals surface area contributed by atoms with Gasteiger partial charge in [-0.25, -0.2) is 8.42 Å². The van der Waals surface area contributed by atoms with Crippen LogP contribution in [-0.4, -0.2) is 30.4 Å². The lowest BCUT2D eigenvalue weighted by atomic mass is 10.00. The Balaban J connectivity index is 1.64. The van der Waals surface area contributed by atoms with Crippen LogP contribution in [0, 0.1) is 0 Å². The molecule has 134 valence electrons. The number of aromatic nitrogens is 1. The highest BCUT2D eigenvalue weighted by atomic mass is 35.5. The van der Waals surface area contributed by atoms with Gasteiger partial charge in [0.05, 0.1) is 4.90 Å². The Bertz CT molecular complexity index is 1120. The van der Waals surface area contributed by atoms with E-state index in [9.17, 15) is 8.42 Å². The van der Waals surface area contributed by atoms with E-state index < -0.39 is 10.0 Å². The van der Waals surface area contributed by atoms with E-state index in [1.807, 2.05) is 25.3 Å². The second-order valence-corrected chi connectivity index (χ2v) is 8.84. The highest BCUT2D eigenvalue weighted by molar-refractivity contribution is 7.89. The molecule has 4 rings (SSSR count). The predicted molar refractivity (Wildman–Crippen MR) is 106 cm³/mol. The van der Waals surface area contributed by atoms with E-state index in [0.717, 1.165) is 0 Å². The molecule has 26 heavy (non-hydrogen) atoms. The molecule has 0 saturated carbocycles. The monoisotopic (exact) mass is 386 g/mol. The molecular weight excluding hydrogens is 368 g/mol. The third-order valence-corrected chi connectivity index (χ3v) is 6.94. The molecule has 0 N–H and O–H groups in total. The summed E-state index contributed by atoms with van der Waals surface area (Å²) in [5, 5.41) is 1.63. The van der Waals surface area contributed by atoms with Gasteiger partial charge in [-0.2, -0.15) is 4.31 Å². The molecule has 0 fully saturated rings. The predicted octanol–water partition coefficient (Wildman–Crippen LogP) is 4.31. The van der Waals surface area contributed by atoms with E-state index in [0.29, 0.717) is 24.5 Å². The SMILES string of the molecule is Cn1cc(C2=CCN(S(=O)(=O)c3cccc(Cl)c3)CC2)c2ccccc21. The third-order valence-electron chi connectivity index (χ3n) is 4.85. The standard InChI is InChI=1S/C20H19ClN2O2S/c1-22-14-19(18-7-2-3-8-20(18)22)15-9-11-23(12-10-15)26(24,25)17-6-4-5-16(21)13-17/h2-9,13-14H,10-12H2,1H3. The Hall–Kier alpha value is -2.08. The first-order chi connectivity index (χ1) is 12.5. The van der Waals surface area contributed by atoms with Gasteiger partial charge in [0.1, 0.15) is 0 Å². The van der Waals surface area contributed by atoms with Gasteiger partial charge < -0.3 is 4.57 Å². The molecule has 0 bridgehead atoms. The van der Waals surface area contributed by atoms with Crippen LogP contribution in [0.3, 0.4) is 0 Å². The molecule has 1 aliphatic rings. The quantitative estimate of drug-likeness (QED) is 0.673. The zero-order valence-corrected chi connectivity index (χ0v) is 16.0. The lowest BCUT2D eigenvalue weighted by Crippen LogP contribution is -2.34. The van der Waals surface area contributed by atoms with Crippen LogP contribution in [0.15, 0.2) is 65.7 Å². The van der Waals surface area contributed by atoms with Crippen molar-refractivity contribution in [3.63, 3.8) is 0 Å². The number of fused-ring (bicyclic) bond motifs is 1. The van der Waals surface area contributed by atoms with Crippen molar-refractivity contribution in [2.75, 3.05) is 13.1 Å². The van der Waals surface area contributed by atoms with Crippen LogP contribution in [0.5, 0.6) is 0 Å². The van der Waals surface area contributed by atoms with E-state index in [4.69, 9.17) is 11.6 Å². The van der Waals surface area contributed by atoms with E-state index in [1.165, 1.54) is 32.4 Å². The van der Waals surface area contributed by atoms with Gasteiger partial charge in [0, 0.05) is 47.8 Å². The van der Waals surface area contributed by atoms with Crippen molar-refractivity contribution in [1.29, 1.82) is 0 Å². The molecule has 0 spiro atoms. The number of nitrogens with zero attached hydrogens (tertiary/aromatic N) is 2. The van der Waals surface area contributed by atoms with Gasteiger partial charge in [-0.15, -0.1) is 0 Å². The smallest absolute Gasteiger partial charge is 0.243 e. The van der Waals surface area contributed by atoms with E-state index in [1.54, 1.807) is 18.2 Å². The van der Waals surface area contributed by atoms with E-state index in [-0.39, 0.29) is 4.90 Å². The summed E-state index contributed by atoms with van der Waals surface area (Å²) < 4.78 is 29.3. The van der Waals surface area contributed by atoms with Crippen molar-refractivity contribution in [3.05, 3.63) is 71.4 Å². The Labute approximate surface area is 158 Å². The molecule has 0 unspecified atom stereocenters. The van der Waals surface area contributed by atoms with Crippen molar-refractivity contribution >= 4 is 38.1 Å². The largest absolute Gasteiger partial charge is 0.350 e. The first kappa shape index (κ1) is 17.3. The fraction of sp³-hybridized carbons (Fsp3) is 0.200. The topological polar surface area (TPSA) is 42.3 Å². The minimum atomic E-state index is -3.53. The molecule has 0 amide bonds. The molecule has 3 aromatic rings. The number of benzene rings is 2. The van der Waals surface area contributed by atoms with Crippen LogP contribution in [0.2, 0.25) is 5.02 Å². The minimum absolute atomic E-state index is 0.243. The van der Waals surface area contributed by atoms with E-state index in [2.05, 4.69) is 22.9 Å². The second-order valence-electron chi connectivity index (χ2n) is 6.47. The lowest BCUT2D eigenvalue weighted by molar-refractivity contribution is 0.441. The molecule has 0 atom stereocenters. The third kappa shape index (κ3) is 2.96. The summed E-state index contributed by atoms with van der Waals surface area (Å²) in [6, 6.07) is 14.7. The summed E-state index contributed by atoms with van der Waals surface area (Å²) in [7, 11) is -1.50. The summed E-state index contributed by atoms with van der Waals surface area (Å²) in [5.41, 5.74) is 3.56. The number of para-hydroxylation sites is 1. The fourth-order valence-electron chi connectivity index (χ4n) is 3.49. The van der Waals surface area contributed by atoms with Gasteiger partial charge >= 0.3 is 0 Å². The molecule has 0 aliphatic carbocycles. The van der Waals surface area contributed by atoms with Crippen LogP contribution in [0.1, 0.15) is 12.0 Å². The first-order valence-corrected chi connectivity index (χ1v) is 10.3. The molecule has 4 nitrogen and oxygen atoms in total. The van der Waals surface area contributed by atoms with Gasteiger partial charge in [0.2, 0.25) is 10.0 Å². The zero-order valence-electron chi connectivity index (χ0n) is 14.4. The van der Waals surface area contributed by atoms with Crippen LogP contribution >= 0.6 is 11.6 Å². The molecule has 2 heterocycles. The molecule has 0 radical (unpaired) electrons. The molecule has 1 aliphatic heterocycles. The molecular formula is C20H19ClN2O2S. The van der Waals surface area contributed by atoms with Gasteiger partial charge in [-0.3, -0.25) is 0 Å². The van der Waals surface area contributed by atoms with Crippen LogP contribution < -0.4 is 0 Å². The Morgan fingerprint density at radius 3 is 2.62 bits per heavy atom.